The maximum Gasteiger partial charge on any atom is 0.191 e. The average Bonchev–Trinajstić information content (AvgIpc) is 2.86. The zero-order valence-electron chi connectivity index (χ0n) is 14.9. The van der Waals surface area contributed by atoms with Gasteiger partial charge in [-0.1, -0.05) is 43.6 Å². The second-order valence-electron chi connectivity index (χ2n) is 6.39. The van der Waals surface area contributed by atoms with E-state index in [0.29, 0.717) is 6.54 Å². The molecule has 0 aliphatic heterocycles. The van der Waals surface area contributed by atoms with Gasteiger partial charge in [-0.3, -0.25) is 4.99 Å². The first-order chi connectivity index (χ1) is 11.3. The fourth-order valence-electron chi connectivity index (χ4n) is 2.40. The molecule has 2 aromatic rings. The van der Waals surface area contributed by atoms with E-state index in [1.165, 1.54) is 4.88 Å². The Morgan fingerprint density at radius 2 is 1.96 bits per heavy atom. The molecule has 0 atom stereocenters. The van der Waals surface area contributed by atoms with Gasteiger partial charge < -0.3 is 10.6 Å². The lowest BCUT2D eigenvalue weighted by molar-refractivity contribution is 0.509. The fourth-order valence-corrected chi connectivity index (χ4v) is 3.67. The van der Waals surface area contributed by atoms with Gasteiger partial charge in [0.15, 0.2) is 5.96 Å². The highest BCUT2D eigenvalue weighted by Gasteiger charge is 2.23. The van der Waals surface area contributed by atoms with Crippen LogP contribution in [-0.4, -0.2) is 24.5 Å². The lowest BCUT2D eigenvalue weighted by atomic mass is 9.84. The number of aliphatic imine (C=N–C) groups is 1. The molecule has 0 aliphatic rings. The number of hydrogen-bond donors (Lipinski definition) is 2. The van der Waals surface area contributed by atoms with E-state index in [-0.39, 0.29) is 5.41 Å². The molecule has 0 saturated carbocycles. The van der Waals surface area contributed by atoms with Crippen molar-refractivity contribution in [3.8, 4) is 0 Å². The molecule has 24 heavy (non-hydrogen) atoms. The summed E-state index contributed by atoms with van der Waals surface area (Å²) >= 11 is 8.05. The van der Waals surface area contributed by atoms with Crippen LogP contribution in [0.2, 0.25) is 5.02 Å². The highest BCUT2D eigenvalue weighted by molar-refractivity contribution is 7.11. The second-order valence-corrected chi connectivity index (χ2v) is 8.09. The maximum absolute atomic E-state index is 6.34. The minimum atomic E-state index is -0.107. The molecule has 0 spiro atoms. The Morgan fingerprint density at radius 3 is 2.54 bits per heavy atom. The topological polar surface area (TPSA) is 49.3 Å². The third kappa shape index (κ3) is 4.71. The molecular formula is C18H25ClN4S. The number of aromatic nitrogens is 1. The fraction of sp³-hybridized carbons (Fsp3) is 0.444. The second kappa shape index (κ2) is 7.99. The van der Waals surface area contributed by atoms with Crippen molar-refractivity contribution in [3.05, 3.63) is 50.4 Å². The number of hydrogen-bond acceptors (Lipinski definition) is 3. The summed E-state index contributed by atoms with van der Waals surface area (Å²) in [4.78, 5) is 10.1. The third-order valence-corrected chi connectivity index (χ3v) is 5.41. The Labute approximate surface area is 153 Å². The molecule has 2 N–H and O–H groups in total. The van der Waals surface area contributed by atoms with Crippen LogP contribution >= 0.6 is 22.9 Å². The summed E-state index contributed by atoms with van der Waals surface area (Å²) in [6.45, 7) is 9.87. The van der Waals surface area contributed by atoms with Gasteiger partial charge in [-0.2, -0.15) is 0 Å². The van der Waals surface area contributed by atoms with Crippen LogP contribution in [0.1, 0.15) is 35.0 Å². The first kappa shape index (κ1) is 18.7. The smallest absolute Gasteiger partial charge is 0.191 e. The Morgan fingerprint density at radius 1 is 1.25 bits per heavy atom. The summed E-state index contributed by atoms with van der Waals surface area (Å²) in [6, 6.07) is 7.97. The van der Waals surface area contributed by atoms with Crippen LogP contribution in [0.5, 0.6) is 0 Å². The van der Waals surface area contributed by atoms with Gasteiger partial charge in [0, 0.05) is 28.9 Å². The van der Waals surface area contributed by atoms with Gasteiger partial charge >= 0.3 is 0 Å². The molecule has 0 amide bonds. The highest BCUT2D eigenvalue weighted by Crippen LogP contribution is 2.28. The van der Waals surface area contributed by atoms with Crippen LogP contribution < -0.4 is 10.6 Å². The minimum Gasteiger partial charge on any atom is -0.356 e. The Balaban J connectivity index is 1.94. The Kier molecular flexibility index (Phi) is 6.24. The van der Waals surface area contributed by atoms with Crippen molar-refractivity contribution in [1.29, 1.82) is 0 Å². The summed E-state index contributed by atoms with van der Waals surface area (Å²) in [6.07, 6.45) is 0. The predicted molar refractivity (Wildman–Crippen MR) is 104 cm³/mol. The number of halogens is 1. The number of aryl methyl sites for hydroxylation is 2. The molecule has 0 aliphatic carbocycles. The van der Waals surface area contributed by atoms with Crippen molar-refractivity contribution in [2.24, 2.45) is 4.99 Å². The average molecular weight is 365 g/mol. The van der Waals surface area contributed by atoms with Crippen molar-refractivity contribution in [3.63, 3.8) is 0 Å². The van der Waals surface area contributed by atoms with Crippen molar-refractivity contribution < 1.29 is 0 Å². The summed E-state index contributed by atoms with van der Waals surface area (Å²) in [5, 5.41) is 8.56. The van der Waals surface area contributed by atoms with E-state index in [2.05, 4.69) is 47.4 Å². The number of benzene rings is 1. The standard InChI is InChI=1S/C18H25ClN4S/c1-12-13(2)24-16(23-12)10-21-17(20-5)22-11-18(3,4)14-8-6-7-9-15(14)19/h6-9H,10-11H2,1-5H3,(H2,20,21,22). The minimum absolute atomic E-state index is 0.107. The van der Waals surface area contributed by atoms with Gasteiger partial charge in [0.05, 0.1) is 12.2 Å². The van der Waals surface area contributed by atoms with E-state index in [4.69, 9.17) is 11.6 Å². The largest absolute Gasteiger partial charge is 0.356 e. The monoisotopic (exact) mass is 364 g/mol. The zero-order valence-corrected chi connectivity index (χ0v) is 16.5. The normalized spacial score (nSPS) is 12.3. The molecule has 2 rings (SSSR count). The molecule has 0 saturated heterocycles. The number of thiazole rings is 1. The third-order valence-electron chi connectivity index (χ3n) is 4.00. The van der Waals surface area contributed by atoms with Crippen LogP contribution in [0.25, 0.3) is 0 Å². The van der Waals surface area contributed by atoms with Gasteiger partial charge in [-0.15, -0.1) is 11.3 Å². The first-order valence-electron chi connectivity index (χ1n) is 7.96. The van der Waals surface area contributed by atoms with Crippen LogP contribution in [0, 0.1) is 13.8 Å². The number of nitrogens with one attached hydrogen (secondary N) is 2. The van der Waals surface area contributed by atoms with Crippen LogP contribution in [0.15, 0.2) is 29.3 Å². The van der Waals surface area contributed by atoms with E-state index in [9.17, 15) is 0 Å². The van der Waals surface area contributed by atoms with Gasteiger partial charge in [-0.25, -0.2) is 4.98 Å². The van der Waals surface area contributed by atoms with E-state index in [1.807, 2.05) is 25.1 Å². The molecule has 4 nitrogen and oxygen atoms in total. The Hall–Kier alpha value is -1.59. The molecule has 6 heteroatoms. The molecule has 0 radical (unpaired) electrons. The summed E-state index contributed by atoms with van der Waals surface area (Å²) in [5.74, 6) is 0.764. The van der Waals surface area contributed by atoms with Gasteiger partial charge in [-0.05, 0) is 25.5 Å². The van der Waals surface area contributed by atoms with Crippen molar-refractivity contribution >= 4 is 28.9 Å². The summed E-state index contributed by atoms with van der Waals surface area (Å²) in [7, 11) is 1.77. The van der Waals surface area contributed by atoms with Crippen LogP contribution in [0.4, 0.5) is 0 Å². The summed E-state index contributed by atoms with van der Waals surface area (Å²) < 4.78 is 0. The molecular weight excluding hydrogens is 340 g/mol. The lowest BCUT2D eigenvalue weighted by Gasteiger charge is -2.27. The zero-order chi connectivity index (χ0) is 17.7. The maximum atomic E-state index is 6.34. The van der Waals surface area contributed by atoms with Crippen molar-refractivity contribution in [2.75, 3.05) is 13.6 Å². The number of guanidine groups is 1. The molecule has 1 aromatic heterocycles. The van der Waals surface area contributed by atoms with Crippen LogP contribution in [-0.2, 0) is 12.0 Å². The predicted octanol–water partition coefficient (Wildman–Crippen LogP) is 4.06. The molecule has 0 bridgehead atoms. The van der Waals surface area contributed by atoms with E-state index < -0.39 is 0 Å². The van der Waals surface area contributed by atoms with Gasteiger partial charge in [0.25, 0.3) is 0 Å². The number of nitrogens with zero attached hydrogens (tertiary/aromatic N) is 2. The van der Waals surface area contributed by atoms with Crippen molar-refractivity contribution in [2.45, 2.75) is 39.7 Å². The van der Waals surface area contributed by atoms with E-state index in [1.54, 1.807) is 18.4 Å². The highest BCUT2D eigenvalue weighted by atomic mass is 35.5. The molecule has 1 heterocycles. The van der Waals surface area contributed by atoms with E-state index >= 15 is 0 Å². The first-order valence-corrected chi connectivity index (χ1v) is 9.15. The number of rotatable bonds is 5. The molecule has 130 valence electrons. The van der Waals surface area contributed by atoms with Gasteiger partial charge in [0.2, 0.25) is 0 Å². The van der Waals surface area contributed by atoms with Gasteiger partial charge in [0.1, 0.15) is 5.01 Å². The van der Waals surface area contributed by atoms with Crippen molar-refractivity contribution in [1.82, 2.24) is 15.6 Å². The Bertz CT molecular complexity index is 702. The summed E-state index contributed by atoms with van der Waals surface area (Å²) in [5.41, 5.74) is 2.12. The quantitative estimate of drug-likeness (QED) is 0.621. The van der Waals surface area contributed by atoms with E-state index in [0.717, 1.165) is 33.8 Å². The lowest BCUT2D eigenvalue weighted by Crippen LogP contribution is -2.43. The SMILES string of the molecule is CN=C(NCc1nc(C)c(C)s1)NCC(C)(C)c1ccccc1Cl. The van der Waals surface area contributed by atoms with Crippen LogP contribution in [0.3, 0.4) is 0 Å². The molecule has 0 fully saturated rings. The molecule has 1 aromatic carbocycles. The molecule has 0 unspecified atom stereocenters.